The van der Waals surface area contributed by atoms with Crippen molar-refractivity contribution in [1.82, 2.24) is 10.2 Å². The fourth-order valence-electron chi connectivity index (χ4n) is 4.21. The lowest BCUT2D eigenvalue weighted by molar-refractivity contribution is -0.122. The average Bonchev–Trinajstić information content (AvgIpc) is 3.16. The second-order valence-electron chi connectivity index (χ2n) is 7.73. The summed E-state index contributed by atoms with van der Waals surface area (Å²) >= 11 is 0. The number of amides is 3. The van der Waals surface area contributed by atoms with Crippen molar-refractivity contribution in [2.75, 3.05) is 29.9 Å². The topological polar surface area (TPSA) is 88.5 Å². The number of nitrogens with zero attached hydrogens (tertiary/aromatic N) is 3. The molecule has 2 aliphatic rings. The van der Waals surface area contributed by atoms with E-state index in [4.69, 9.17) is 5.26 Å². The first-order chi connectivity index (χ1) is 14.6. The van der Waals surface area contributed by atoms with Crippen molar-refractivity contribution >= 4 is 23.3 Å². The minimum Gasteiger partial charge on any atom is -0.335 e. The Morgan fingerprint density at radius 2 is 1.67 bits per heavy atom. The molecule has 4 rings (SSSR count). The van der Waals surface area contributed by atoms with E-state index in [9.17, 15) is 9.59 Å². The quantitative estimate of drug-likeness (QED) is 0.822. The van der Waals surface area contributed by atoms with Gasteiger partial charge in [0.15, 0.2) is 0 Å². The smallest absolute Gasteiger partial charge is 0.319 e. The summed E-state index contributed by atoms with van der Waals surface area (Å²) < 4.78 is 0. The van der Waals surface area contributed by atoms with Crippen molar-refractivity contribution < 1.29 is 9.59 Å². The number of benzene rings is 2. The number of carbonyl (C=O) groups excluding carboxylic acids is 2. The lowest BCUT2D eigenvalue weighted by atomic mass is 10.0. The lowest BCUT2D eigenvalue weighted by Crippen LogP contribution is -2.50. The van der Waals surface area contributed by atoms with Crippen molar-refractivity contribution in [3.8, 4) is 6.07 Å². The molecule has 1 atom stereocenters. The number of likely N-dealkylation sites (tertiary alicyclic amines) is 1. The molecule has 0 aromatic heterocycles. The summed E-state index contributed by atoms with van der Waals surface area (Å²) in [6.45, 7) is 2.26. The van der Waals surface area contributed by atoms with E-state index in [2.05, 4.69) is 21.6 Å². The highest BCUT2D eigenvalue weighted by molar-refractivity contribution is 5.99. The molecule has 2 saturated heterocycles. The van der Waals surface area contributed by atoms with Crippen LogP contribution in [0, 0.1) is 11.3 Å². The molecule has 2 heterocycles. The number of hydrogen-bond acceptors (Lipinski definition) is 4. The van der Waals surface area contributed by atoms with Gasteiger partial charge in [-0.1, -0.05) is 18.2 Å². The Bertz CT molecular complexity index is 930. The summed E-state index contributed by atoms with van der Waals surface area (Å²) in [7, 11) is 0. The Morgan fingerprint density at radius 3 is 2.33 bits per heavy atom. The van der Waals surface area contributed by atoms with E-state index in [1.807, 2.05) is 47.4 Å². The maximum atomic E-state index is 13.0. The van der Waals surface area contributed by atoms with E-state index in [1.165, 1.54) is 0 Å². The number of carbonyl (C=O) groups is 2. The van der Waals surface area contributed by atoms with Gasteiger partial charge < -0.3 is 15.5 Å². The molecule has 2 aromatic carbocycles. The summed E-state index contributed by atoms with van der Waals surface area (Å²) in [4.78, 5) is 29.2. The molecule has 30 heavy (non-hydrogen) atoms. The number of nitriles is 1. The van der Waals surface area contributed by atoms with Gasteiger partial charge in [0.05, 0.1) is 17.7 Å². The summed E-state index contributed by atoms with van der Waals surface area (Å²) in [5, 5.41) is 14.8. The van der Waals surface area contributed by atoms with Gasteiger partial charge in [-0.3, -0.25) is 9.69 Å². The zero-order chi connectivity index (χ0) is 20.9. The lowest BCUT2D eigenvalue weighted by Gasteiger charge is -2.35. The molecule has 2 aliphatic heterocycles. The zero-order valence-electron chi connectivity index (χ0n) is 16.8. The molecule has 1 unspecified atom stereocenters. The SMILES string of the molecule is N#Cc1ccc(N2CCC(N3CCC(NC(=O)Nc4ccccc4)CC3)C2=O)cc1. The Morgan fingerprint density at radius 1 is 0.967 bits per heavy atom. The Hall–Kier alpha value is -3.37. The number of hydrogen-bond donors (Lipinski definition) is 2. The standard InChI is InChI=1S/C23H25N5O2/c24-16-17-6-8-20(9-7-17)28-15-12-21(22(28)29)27-13-10-19(11-14-27)26-23(30)25-18-4-2-1-3-5-18/h1-9,19,21H,10-15H2,(H2,25,26,30). The van der Waals surface area contributed by atoms with Crippen LogP contribution in [-0.2, 0) is 4.79 Å². The van der Waals surface area contributed by atoms with Crippen LogP contribution < -0.4 is 15.5 Å². The van der Waals surface area contributed by atoms with Crippen LogP contribution >= 0.6 is 0 Å². The largest absolute Gasteiger partial charge is 0.335 e. The molecule has 2 fully saturated rings. The minimum atomic E-state index is -0.191. The van der Waals surface area contributed by atoms with Crippen molar-refractivity contribution in [3.05, 3.63) is 60.2 Å². The van der Waals surface area contributed by atoms with Gasteiger partial charge >= 0.3 is 6.03 Å². The maximum Gasteiger partial charge on any atom is 0.319 e. The molecule has 2 N–H and O–H groups in total. The first-order valence-corrected chi connectivity index (χ1v) is 10.3. The van der Waals surface area contributed by atoms with Gasteiger partial charge in [-0.15, -0.1) is 0 Å². The number of urea groups is 1. The molecular weight excluding hydrogens is 378 g/mol. The highest BCUT2D eigenvalue weighted by atomic mass is 16.2. The van der Waals surface area contributed by atoms with Crippen LogP contribution in [0.4, 0.5) is 16.2 Å². The number of nitrogens with one attached hydrogen (secondary N) is 2. The second kappa shape index (κ2) is 8.97. The van der Waals surface area contributed by atoms with Gasteiger partial charge in [0.25, 0.3) is 0 Å². The average molecular weight is 403 g/mol. The second-order valence-corrected chi connectivity index (χ2v) is 7.73. The van der Waals surface area contributed by atoms with E-state index in [1.54, 1.807) is 12.1 Å². The van der Waals surface area contributed by atoms with Gasteiger partial charge in [0, 0.05) is 37.1 Å². The maximum absolute atomic E-state index is 13.0. The molecule has 7 nitrogen and oxygen atoms in total. The van der Waals surface area contributed by atoms with Gasteiger partial charge in [-0.2, -0.15) is 5.26 Å². The molecule has 0 bridgehead atoms. The molecular formula is C23H25N5O2. The molecule has 154 valence electrons. The van der Waals surface area contributed by atoms with Gasteiger partial charge in [-0.05, 0) is 55.7 Å². The van der Waals surface area contributed by atoms with E-state index < -0.39 is 0 Å². The van der Waals surface area contributed by atoms with Crippen molar-refractivity contribution in [2.24, 2.45) is 0 Å². The number of para-hydroxylation sites is 1. The molecule has 0 saturated carbocycles. The molecule has 7 heteroatoms. The van der Waals surface area contributed by atoms with Gasteiger partial charge in [0.2, 0.25) is 5.91 Å². The van der Waals surface area contributed by atoms with E-state index >= 15 is 0 Å². The third-order valence-corrected chi connectivity index (χ3v) is 5.82. The van der Waals surface area contributed by atoms with Crippen LogP contribution in [0.25, 0.3) is 0 Å². The first-order valence-electron chi connectivity index (χ1n) is 10.3. The predicted molar refractivity (Wildman–Crippen MR) is 115 cm³/mol. The molecule has 0 radical (unpaired) electrons. The third kappa shape index (κ3) is 4.44. The Kier molecular flexibility index (Phi) is 5.96. The summed E-state index contributed by atoms with van der Waals surface area (Å²) in [6.07, 6.45) is 2.44. The number of rotatable bonds is 4. The van der Waals surface area contributed by atoms with Crippen LogP contribution in [0.5, 0.6) is 0 Å². The van der Waals surface area contributed by atoms with Crippen molar-refractivity contribution in [1.29, 1.82) is 5.26 Å². The molecule has 0 aliphatic carbocycles. The fraction of sp³-hybridized carbons (Fsp3) is 0.348. The van der Waals surface area contributed by atoms with Crippen LogP contribution in [0.2, 0.25) is 0 Å². The van der Waals surface area contributed by atoms with E-state index in [0.29, 0.717) is 12.1 Å². The van der Waals surface area contributed by atoms with E-state index in [0.717, 1.165) is 43.7 Å². The molecule has 0 spiro atoms. The summed E-state index contributed by atoms with van der Waals surface area (Å²) in [6, 6.07) is 18.4. The monoisotopic (exact) mass is 403 g/mol. The highest BCUT2D eigenvalue weighted by Crippen LogP contribution is 2.26. The normalized spacial score (nSPS) is 20.0. The molecule has 2 aromatic rings. The summed E-state index contributed by atoms with van der Waals surface area (Å²) in [5.74, 6) is 0.118. The highest BCUT2D eigenvalue weighted by Gasteiger charge is 2.38. The fourth-order valence-corrected chi connectivity index (χ4v) is 4.21. The first kappa shape index (κ1) is 19.9. The van der Waals surface area contributed by atoms with Crippen LogP contribution in [-0.4, -0.2) is 48.6 Å². The Labute approximate surface area is 176 Å². The minimum absolute atomic E-state index is 0.107. The molecule has 3 amide bonds. The van der Waals surface area contributed by atoms with Crippen molar-refractivity contribution in [2.45, 2.75) is 31.3 Å². The number of piperidine rings is 1. The third-order valence-electron chi connectivity index (χ3n) is 5.82. The van der Waals surface area contributed by atoms with E-state index in [-0.39, 0.29) is 24.0 Å². The van der Waals surface area contributed by atoms with Crippen LogP contribution in [0.1, 0.15) is 24.8 Å². The van der Waals surface area contributed by atoms with Gasteiger partial charge in [0.1, 0.15) is 0 Å². The van der Waals surface area contributed by atoms with Gasteiger partial charge in [-0.25, -0.2) is 4.79 Å². The predicted octanol–water partition coefficient (Wildman–Crippen LogP) is 2.95. The van der Waals surface area contributed by atoms with Crippen molar-refractivity contribution in [3.63, 3.8) is 0 Å². The summed E-state index contributed by atoms with van der Waals surface area (Å²) in [5.41, 5.74) is 2.20. The number of anilines is 2. The zero-order valence-corrected chi connectivity index (χ0v) is 16.8. The Balaban J connectivity index is 1.27. The van der Waals surface area contributed by atoms with Crippen LogP contribution in [0.15, 0.2) is 54.6 Å². The van der Waals surface area contributed by atoms with Crippen LogP contribution in [0.3, 0.4) is 0 Å².